The summed E-state index contributed by atoms with van der Waals surface area (Å²) in [7, 11) is 1.36. The maximum absolute atomic E-state index is 12.3. The first-order valence-electron chi connectivity index (χ1n) is 7.23. The van der Waals surface area contributed by atoms with Gasteiger partial charge in [0.1, 0.15) is 0 Å². The third kappa shape index (κ3) is 4.56. The standard InChI is InChI=1S/C16H20BrNO3/c1-21-15(19)10-14(11-6-8-13(17)9-7-11)18-16(20)12-4-2-3-5-12/h6-9,12,14H,2-5,10H2,1H3,(H,18,20). The van der Waals surface area contributed by atoms with E-state index in [1.165, 1.54) is 7.11 Å². The minimum absolute atomic E-state index is 0.0457. The van der Waals surface area contributed by atoms with Gasteiger partial charge in [0.2, 0.25) is 5.91 Å². The van der Waals surface area contributed by atoms with Crippen LogP contribution in [0, 0.1) is 5.92 Å². The molecule has 1 N–H and O–H groups in total. The minimum Gasteiger partial charge on any atom is -0.469 e. The molecule has 1 atom stereocenters. The lowest BCUT2D eigenvalue weighted by Gasteiger charge is -2.20. The summed E-state index contributed by atoms with van der Waals surface area (Å²) in [5, 5.41) is 3.00. The number of carbonyl (C=O) groups is 2. The van der Waals surface area contributed by atoms with Crippen molar-refractivity contribution in [3.63, 3.8) is 0 Å². The first-order chi connectivity index (χ1) is 10.1. The van der Waals surface area contributed by atoms with E-state index in [0.29, 0.717) is 0 Å². The molecular weight excluding hydrogens is 334 g/mol. The van der Waals surface area contributed by atoms with Crippen molar-refractivity contribution >= 4 is 27.8 Å². The van der Waals surface area contributed by atoms with Crippen molar-refractivity contribution in [1.82, 2.24) is 5.32 Å². The van der Waals surface area contributed by atoms with Crippen LogP contribution in [0.3, 0.4) is 0 Å². The summed E-state index contributed by atoms with van der Waals surface area (Å²) in [6.45, 7) is 0. The summed E-state index contributed by atoms with van der Waals surface area (Å²) in [6, 6.07) is 7.29. The Hall–Kier alpha value is -1.36. The van der Waals surface area contributed by atoms with Gasteiger partial charge in [-0.05, 0) is 30.5 Å². The Morgan fingerprint density at radius 2 is 1.90 bits per heavy atom. The monoisotopic (exact) mass is 353 g/mol. The second-order valence-corrected chi connectivity index (χ2v) is 6.29. The molecule has 0 radical (unpaired) electrons. The fraction of sp³-hybridized carbons (Fsp3) is 0.500. The molecule has 114 valence electrons. The molecule has 0 aromatic heterocycles. The number of ether oxygens (including phenoxy) is 1. The van der Waals surface area contributed by atoms with Gasteiger partial charge in [0.05, 0.1) is 19.6 Å². The van der Waals surface area contributed by atoms with Crippen LogP contribution in [-0.4, -0.2) is 19.0 Å². The molecule has 0 heterocycles. The SMILES string of the molecule is COC(=O)CC(NC(=O)C1CCCC1)c1ccc(Br)cc1. The number of halogens is 1. The number of nitrogens with one attached hydrogen (secondary N) is 1. The van der Waals surface area contributed by atoms with E-state index in [4.69, 9.17) is 4.74 Å². The molecule has 4 nitrogen and oxygen atoms in total. The molecule has 1 unspecified atom stereocenters. The third-order valence-electron chi connectivity index (χ3n) is 3.91. The Bertz CT molecular complexity index is 495. The first kappa shape index (κ1) is 16.0. The van der Waals surface area contributed by atoms with Crippen LogP contribution >= 0.6 is 15.9 Å². The molecule has 0 aliphatic heterocycles. The summed E-state index contributed by atoms with van der Waals surface area (Å²) in [5.41, 5.74) is 0.912. The van der Waals surface area contributed by atoms with E-state index in [2.05, 4.69) is 21.2 Å². The number of carbonyl (C=O) groups excluding carboxylic acids is 2. The molecule has 1 saturated carbocycles. The molecule has 1 amide bonds. The third-order valence-corrected chi connectivity index (χ3v) is 4.44. The lowest BCUT2D eigenvalue weighted by molar-refractivity contribution is -0.141. The summed E-state index contributed by atoms with van der Waals surface area (Å²) >= 11 is 3.38. The van der Waals surface area contributed by atoms with E-state index in [1.807, 2.05) is 24.3 Å². The van der Waals surface area contributed by atoms with Crippen LogP contribution in [0.5, 0.6) is 0 Å². The van der Waals surface area contributed by atoms with Crippen molar-refractivity contribution in [2.75, 3.05) is 7.11 Å². The smallest absolute Gasteiger partial charge is 0.307 e. The van der Waals surface area contributed by atoms with Crippen LogP contribution in [-0.2, 0) is 14.3 Å². The van der Waals surface area contributed by atoms with E-state index in [1.54, 1.807) is 0 Å². The highest BCUT2D eigenvalue weighted by molar-refractivity contribution is 9.10. The van der Waals surface area contributed by atoms with Gasteiger partial charge in [-0.3, -0.25) is 9.59 Å². The van der Waals surface area contributed by atoms with Crippen LogP contribution in [0.2, 0.25) is 0 Å². The highest BCUT2D eigenvalue weighted by atomic mass is 79.9. The zero-order valence-electron chi connectivity index (χ0n) is 12.1. The second kappa shape index (κ2) is 7.59. The Morgan fingerprint density at radius 1 is 1.29 bits per heavy atom. The maximum atomic E-state index is 12.3. The number of amides is 1. The molecule has 0 bridgehead atoms. The van der Waals surface area contributed by atoms with Gasteiger partial charge in [-0.2, -0.15) is 0 Å². The van der Waals surface area contributed by atoms with Gasteiger partial charge >= 0.3 is 5.97 Å². The lowest BCUT2D eigenvalue weighted by Crippen LogP contribution is -2.34. The average molecular weight is 354 g/mol. The topological polar surface area (TPSA) is 55.4 Å². The Labute approximate surface area is 133 Å². The molecule has 21 heavy (non-hydrogen) atoms. The number of hydrogen-bond donors (Lipinski definition) is 1. The predicted octanol–water partition coefficient (Wildman–Crippen LogP) is 3.36. The van der Waals surface area contributed by atoms with E-state index >= 15 is 0 Å². The predicted molar refractivity (Wildman–Crippen MR) is 83.6 cm³/mol. The normalized spacial score (nSPS) is 16.5. The molecule has 0 saturated heterocycles. The molecule has 1 aliphatic carbocycles. The van der Waals surface area contributed by atoms with Crippen LogP contribution in [0.15, 0.2) is 28.7 Å². The van der Waals surface area contributed by atoms with Gasteiger partial charge in [0, 0.05) is 10.4 Å². The van der Waals surface area contributed by atoms with Gasteiger partial charge in [0.25, 0.3) is 0 Å². The van der Waals surface area contributed by atoms with E-state index in [9.17, 15) is 9.59 Å². The van der Waals surface area contributed by atoms with Crippen LogP contribution in [0.4, 0.5) is 0 Å². The Kier molecular flexibility index (Phi) is 5.79. The van der Waals surface area contributed by atoms with Crippen molar-refractivity contribution < 1.29 is 14.3 Å². The number of rotatable bonds is 5. The fourth-order valence-corrected chi connectivity index (χ4v) is 2.94. The average Bonchev–Trinajstić information content (AvgIpc) is 3.01. The largest absolute Gasteiger partial charge is 0.469 e. The van der Waals surface area contributed by atoms with Crippen molar-refractivity contribution in [3.8, 4) is 0 Å². The Balaban J connectivity index is 2.09. The van der Waals surface area contributed by atoms with Gasteiger partial charge < -0.3 is 10.1 Å². The number of esters is 1. The van der Waals surface area contributed by atoms with Crippen LogP contribution < -0.4 is 5.32 Å². The van der Waals surface area contributed by atoms with Crippen LogP contribution in [0.1, 0.15) is 43.7 Å². The molecule has 1 fully saturated rings. The molecule has 1 aromatic carbocycles. The van der Waals surface area contributed by atoms with Gasteiger partial charge in [0.15, 0.2) is 0 Å². The van der Waals surface area contributed by atoms with Crippen molar-refractivity contribution in [1.29, 1.82) is 0 Å². The quantitative estimate of drug-likeness (QED) is 0.825. The van der Waals surface area contributed by atoms with Gasteiger partial charge in [-0.25, -0.2) is 0 Å². The molecule has 2 rings (SSSR count). The van der Waals surface area contributed by atoms with Crippen molar-refractivity contribution in [3.05, 3.63) is 34.3 Å². The summed E-state index contributed by atoms with van der Waals surface area (Å²) in [6.07, 6.45) is 4.25. The fourth-order valence-electron chi connectivity index (χ4n) is 2.67. The second-order valence-electron chi connectivity index (χ2n) is 5.37. The maximum Gasteiger partial charge on any atom is 0.307 e. The molecule has 1 aromatic rings. The number of methoxy groups -OCH3 is 1. The molecule has 1 aliphatic rings. The highest BCUT2D eigenvalue weighted by Crippen LogP contribution is 2.27. The van der Waals surface area contributed by atoms with Gasteiger partial charge in [-0.1, -0.05) is 40.9 Å². The highest BCUT2D eigenvalue weighted by Gasteiger charge is 2.26. The molecule has 0 spiro atoms. The minimum atomic E-state index is -0.335. The van der Waals surface area contributed by atoms with Gasteiger partial charge in [-0.15, -0.1) is 0 Å². The van der Waals surface area contributed by atoms with Crippen molar-refractivity contribution in [2.24, 2.45) is 5.92 Å². The zero-order chi connectivity index (χ0) is 15.2. The lowest BCUT2D eigenvalue weighted by atomic mass is 10.0. The zero-order valence-corrected chi connectivity index (χ0v) is 13.7. The number of benzene rings is 1. The summed E-state index contributed by atoms with van der Waals surface area (Å²) in [5.74, 6) is -0.195. The summed E-state index contributed by atoms with van der Waals surface area (Å²) < 4.78 is 5.70. The molecule has 5 heteroatoms. The van der Waals surface area contributed by atoms with Crippen molar-refractivity contribution in [2.45, 2.75) is 38.1 Å². The molecular formula is C16H20BrNO3. The first-order valence-corrected chi connectivity index (χ1v) is 8.02. The summed E-state index contributed by atoms with van der Waals surface area (Å²) in [4.78, 5) is 23.9. The van der Waals surface area contributed by atoms with E-state index in [-0.39, 0.29) is 30.3 Å². The Morgan fingerprint density at radius 3 is 2.48 bits per heavy atom. The van der Waals surface area contributed by atoms with E-state index < -0.39 is 0 Å². The van der Waals surface area contributed by atoms with E-state index in [0.717, 1.165) is 35.7 Å². The number of hydrogen-bond acceptors (Lipinski definition) is 3. The van der Waals surface area contributed by atoms with Crippen LogP contribution in [0.25, 0.3) is 0 Å².